The zero-order valence-corrected chi connectivity index (χ0v) is 21.0. The minimum atomic E-state index is -0.772. The molecule has 0 radical (unpaired) electrons. The molecule has 2 aliphatic heterocycles. The second-order valence-corrected chi connectivity index (χ2v) is 11.9. The van der Waals surface area contributed by atoms with Crippen LogP contribution < -0.4 is 4.74 Å². The standard InChI is InChI=1S/C30H35NO5/c1-31(19-21-9-10-21)28-18-22-11-12-23(32)25-24(22)30(28)26(36-25)27(33-16-17-34-27)13-14-29(28,30)35-15-5-8-20-6-3-2-4-7-20/h2-4,6-7,11-12,21,26,32H,5,8-10,13-19H2,1H3/t26-,28?,29+,30?/m0/s1. The Morgan fingerprint density at radius 2 is 1.86 bits per heavy atom. The number of ether oxygens (including phenoxy) is 4. The maximum Gasteiger partial charge on any atom is 0.207 e. The molecule has 0 bridgehead atoms. The summed E-state index contributed by atoms with van der Waals surface area (Å²) in [5, 5.41) is 10.9. The van der Waals surface area contributed by atoms with E-state index in [9.17, 15) is 5.11 Å². The van der Waals surface area contributed by atoms with Gasteiger partial charge in [0.25, 0.3) is 0 Å². The number of phenols is 1. The fraction of sp³-hybridized carbons (Fsp3) is 0.600. The van der Waals surface area contributed by atoms with E-state index in [1.807, 2.05) is 0 Å². The van der Waals surface area contributed by atoms with Crippen molar-refractivity contribution in [2.24, 2.45) is 5.92 Å². The summed E-state index contributed by atoms with van der Waals surface area (Å²) in [6.45, 7) is 2.95. The van der Waals surface area contributed by atoms with E-state index in [-0.39, 0.29) is 28.4 Å². The summed E-state index contributed by atoms with van der Waals surface area (Å²) in [6, 6.07) is 14.6. The van der Waals surface area contributed by atoms with Crippen molar-refractivity contribution in [1.29, 1.82) is 0 Å². The van der Waals surface area contributed by atoms with E-state index in [1.54, 1.807) is 6.07 Å². The molecule has 0 aromatic heterocycles. The normalized spacial score (nSPS) is 36.2. The lowest BCUT2D eigenvalue weighted by Gasteiger charge is -2.42. The molecule has 8 rings (SSSR count). The molecule has 6 aliphatic rings. The van der Waals surface area contributed by atoms with Gasteiger partial charge in [-0.15, -0.1) is 0 Å². The number of benzene rings is 2. The monoisotopic (exact) mass is 489 g/mol. The lowest BCUT2D eigenvalue weighted by molar-refractivity contribution is -0.243. The minimum Gasteiger partial charge on any atom is -0.504 e. The van der Waals surface area contributed by atoms with Crippen LogP contribution in [0.5, 0.6) is 11.5 Å². The third-order valence-corrected chi connectivity index (χ3v) is 10.3. The van der Waals surface area contributed by atoms with Gasteiger partial charge in [-0.05, 0) is 68.7 Å². The van der Waals surface area contributed by atoms with Crippen LogP contribution in [0.2, 0.25) is 0 Å². The molecule has 1 N–H and O–H groups in total. The van der Waals surface area contributed by atoms with Crippen LogP contribution in [0.3, 0.4) is 0 Å². The second kappa shape index (κ2) is 7.25. The van der Waals surface area contributed by atoms with Gasteiger partial charge < -0.3 is 24.1 Å². The van der Waals surface area contributed by atoms with Gasteiger partial charge in [-0.1, -0.05) is 36.4 Å². The first kappa shape index (κ1) is 21.9. The predicted molar refractivity (Wildman–Crippen MR) is 133 cm³/mol. The molecule has 6 nitrogen and oxygen atoms in total. The van der Waals surface area contributed by atoms with Crippen LogP contribution in [0.15, 0.2) is 42.5 Å². The van der Waals surface area contributed by atoms with Crippen LogP contribution >= 0.6 is 0 Å². The van der Waals surface area contributed by atoms with Gasteiger partial charge >= 0.3 is 0 Å². The summed E-state index contributed by atoms with van der Waals surface area (Å²) in [4.78, 5) is 2.61. The van der Waals surface area contributed by atoms with Crippen molar-refractivity contribution >= 4 is 0 Å². The fourth-order valence-corrected chi connectivity index (χ4v) is 8.85. The lowest BCUT2D eigenvalue weighted by Crippen LogP contribution is -2.58. The Labute approximate surface area is 212 Å². The summed E-state index contributed by atoms with van der Waals surface area (Å²) in [6.07, 6.45) is 6.85. The molecule has 6 heteroatoms. The van der Waals surface area contributed by atoms with Gasteiger partial charge in [0, 0.05) is 25.1 Å². The Balaban J connectivity index is 1.21. The quantitative estimate of drug-likeness (QED) is 0.567. The number of aromatic hydroxyl groups is 1. The average Bonchev–Trinajstić information content (AvgIpc) is 3.55. The van der Waals surface area contributed by atoms with Crippen molar-refractivity contribution in [1.82, 2.24) is 4.90 Å². The van der Waals surface area contributed by atoms with Crippen molar-refractivity contribution < 1.29 is 24.1 Å². The Morgan fingerprint density at radius 3 is 2.64 bits per heavy atom. The third kappa shape index (κ3) is 2.43. The zero-order chi connectivity index (χ0) is 24.2. The summed E-state index contributed by atoms with van der Waals surface area (Å²) in [5.74, 6) is 0.848. The number of hydrogen-bond acceptors (Lipinski definition) is 6. The first-order chi connectivity index (χ1) is 17.6. The molecule has 2 heterocycles. The number of nitrogens with zero attached hydrogens (tertiary/aromatic N) is 1. The zero-order valence-electron chi connectivity index (χ0n) is 21.0. The van der Waals surface area contributed by atoms with E-state index in [0.29, 0.717) is 25.6 Å². The average molecular weight is 490 g/mol. The SMILES string of the molecule is CN(CC1CC1)C12Cc3ccc(O)c4c3C13[C@@H](O4)C1(CC[C@]32OCCCc2ccccc2)OCCO1. The van der Waals surface area contributed by atoms with E-state index < -0.39 is 5.79 Å². The number of phenolic OH excluding ortho intramolecular Hbond substituents is 1. The molecule has 4 aliphatic carbocycles. The number of aryl methyl sites for hydroxylation is 1. The maximum atomic E-state index is 10.9. The van der Waals surface area contributed by atoms with Crippen molar-refractivity contribution in [3.05, 3.63) is 59.2 Å². The van der Waals surface area contributed by atoms with E-state index in [0.717, 1.165) is 50.1 Å². The number of hydrogen-bond donors (Lipinski definition) is 1. The van der Waals surface area contributed by atoms with E-state index in [2.05, 4.69) is 48.3 Å². The van der Waals surface area contributed by atoms with Crippen molar-refractivity contribution in [2.75, 3.05) is 33.4 Å². The summed E-state index contributed by atoms with van der Waals surface area (Å²) < 4.78 is 26.6. The molecule has 2 unspecified atom stereocenters. The van der Waals surface area contributed by atoms with E-state index in [1.165, 1.54) is 24.0 Å². The van der Waals surface area contributed by atoms with E-state index in [4.69, 9.17) is 18.9 Å². The van der Waals surface area contributed by atoms with Crippen molar-refractivity contribution in [3.63, 3.8) is 0 Å². The predicted octanol–water partition coefficient (Wildman–Crippen LogP) is 3.97. The molecule has 3 saturated carbocycles. The van der Waals surface area contributed by atoms with Crippen molar-refractivity contribution in [3.8, 4) is 11.5 Å². The summed E-state index contributed by atoms with van der Waals surface area (Å²) in [5.41, 5.74) is 2.84. The van der Waals surface area contributed by atoms with Crippen LogP contribution in [0.4, 0.5) is 0 Å². The molecule has 2 aromatic carbocycles. The van der Waals surface area contributed by atoms with Gasteiger partial charge in [-0.3, -0.25) is 4.90 Å². The van der Waals surface area contributed by atoms with Crippen LogP contribution in [0.25, 0.3) is 0 Å². The summed E-state index contributed by atoms with van der Waals surface area (Å²) in [7, 11) is 2.30. The number of fused-ring (bicyclic) bond motifs is 2. The molecule has 2 spiro atoms. The molecule has 36 heavy (non-hydrogen) atoms. The molecule has 2 aromatic rings. The Kier molecular flexibility index (Phi) is 4.42. The highest BCUT2D eigenvalue weighted by Gasteiger charge is 3.00. The Bertz CT molecular complexity index is 1210. The van der Waals surface area contributed by atoms with Gasteiger partial charge in [-0.2, -0.15) is 0 Å². The number of likely N-dealkylation sites (N-methyl/N-ethyl adjacent to an activating group) is 1. The molecule has 190 valence electrons. The van der Waals surface area contributed by atoms with Crippen LogP contribution in [0, 0.1) is 5.92 Å². The second-order valence-electron chi connectivity index (χ2n) is 11.9. The molecule has 1 saturated heterocycles. The van der Waals surface area contributed by atoms with Gasteiger partial charge in [0.15, 0.2) is 17.6 Å². The lowest BCUT2D eigenvalue weighted by atomic mass is 9.76. The van der Waals surface area contributed by atoms with Gasteiger partial charge in [0.2, 0.25) is 5.79 Å². The minimum absolute atomic E-state index is 0.208. The first-order valence-electron chi connectivity index (χ1n) is 13.8. The molecular formula is C30H35NO5. The largest absolute Gasteiger partial charge is 0.504 e. The number of rotatable bonds is 8. The fourth-order valence-electron chi connectivity index (χ4n) is 8.85. The maximum absolute atomic E-state index is 10.9. The Morgan fingerprint density at radius 1 is 1.06 bits per heavy atom. The smallest absolute Gasteiger partial charge is 0.207 e. The third-order valence-electron chi connectivity index (χ3n) is 10.3. The molecule has 4 atom stereocenters. The highest BCUT2D eigenvalue weighted by Crippen LogP contribution is 2.85. The van der Waals surface area contributed by atoms with Gasteiger partial charge in [0.1, 0.15) is 5.60 Å². The van der Waals surface area contributed by atoms with Crippen LogP contribution in [-0.2, 0) is 32.5 Å². The van der Waals surface area contributed by atoms with Crippen molar-refractivity contribution in [2.45, 2.75) is 73.4 Å². The molecular weight excluding hydrogens is 454 g/mol. The van der Waals surface area contributed by atoms with Crippen LogP contribution in [0.1, 0.15) is 48.8 Å². The topological polar surface area (TPSA) is 60.4 Å². The molecule has 0 amide bonds. The van der Waals surface area contributed by atoms with Crippen LogP contribution in [-0.4, -0.2) is 66.5 Å². The van der Waals surface area contributed by atoms with Gasteiger partial charge in [-0.25, -0.2) is 0 Å². The first-order valence-corrected chi connectivity index (χ1v) is 13.8. The van der Waals surface area contributed by atoms with E-state index >= 15 is 0 Å². The Hall–Kier alpha value is -2.12. The highest BCUT2D eigenvalue weighted by molar-refractivity contribution is 5.75. The highest BCUT2D eigenvalue weighted by atomic mass is 16.8. The summed E-state index contributed by atoms with van der Waals surface area (Å²) >= 11 is 0. The molecule has 4 fully saturated rings. The van der Waals surface area contributed by atoms with Gasteiger partial charge in [0.05, 0.1) is 24.2 Å².